The van der Waals surface area contributed by atoms with E-state index in [1.807, 2.05) is 30.5 Å². The van der Waals surface area contributed by atoms with Gasteiger partial charge in [-0.3, -0.25) is 0 Å². The minimum atomic E-state index is 0.509. The Kier molecular flexibility index (Phi) is 2.99. The SMILES string of the molecule is NCCOc1ccccc1-c1c[nH]cn1. The molecule has 2 aromatic rings. The van der Waals surface area contributed by atoms with Crippen LogP contribution < -0.4 is 10.5 Å². The summed E-state index contributed by atoms with van der Waals surface area (Å²) in [6, 6.07) is 7.78. The van der Waals surface area contributed by atoms with Crippen LogP contribution in [0, 0.1) is 0 Å². The number of aromatic amines is 1. The quantitative estimate of drug-likeness (QED) is 0.789. The summed E-state index contributed by atoms with van der Waals surface area (Å²) in [6.07, 6.45) is 3.49. The van der Waals surface area contributed by atoms with Crippen molar-refractivity contribution >= 4 is 0 Å². The summed E-state index contributed by atoms with van der Waals surface area (Å²) in [6.45, 7) is 1.02. The molecule has 0 radical (unpaired) electrons. The van der Waals surface area contributed by atoms with E-state index in [0.29, 0.717) is 13.2 Å². The third-order valence-electron chi connectivity index (χ3n) is 2.04. The van der Waals surface area contributed by atoms with Gasteiger partial charge in [0.15, 0.2) is 0 Å². The van der Waals surface area contributed by atoms with E-state index in [1.165, 1.54) is 0 Å². The van der Waals surface area contributed by atoms with Crippen molar-refractivity contribution in [3.8, 4) is 17.0 Å². The third-order valence-corrected chi connectivity index (χ3v) is 2.04. The van der Waals surface area contributed by atoms with E-state index >= 15 is 0 Å². The van der Waals surface area contributed by atoms with E-state index < -0.39 is 0 Å². The van der Waals surface area contributed by atoms with Gasteiger partial charge in [-0.2, -0.15) is 0 Å². The predicted molar refractivity (Wildman–Crippen MR) is 58.6 cm³/mol. The van der Waals surface area contributed by atoms with Gasteiger partial charge < -0.3 is 15.5 Å². The van der Waals surface area contributed by atoms with Gasteiger partial charge in [-0.15, -0.1) is 0 Å². The summed E-state index contributed by atoms with van der Waals surface area (Å²) < 4.78 is 5.53. The Morgan fingerprint density at radius 3 is 2.93 bits per heavy atom. The van der Waals surface area contributed by atoms with Crippen molar-refractivity contribution in [2.24, 2.45) is 5.73 Å². The number of H-pyrrole nitrogens is 1. The van der Waals surface area contributed by atoms with Crippen LogP contribution in [0.5, 0.6) is 5.75 Å². The Balaban J connectivity index is 2.30. The molecule has 4 nitrogen and oxygen atoms in total. The summed E-state index contributed by atoms with van der Waals surface area (Å²) in [5.41, 5.74) is 7.25. The largest absolute Gasteiger partial charge is 0.492 e. The first kappa shape index (κ1) is 9.73. The molecule has 0 aliphatic carbocycles. The average Bonchev–Trinajstić information content (AvgIpc) is 2.80. The molecule has 0 amide bonds. The van der Waals surface area contributed by atoms with Gasteiger partial charge in [0.05, 0.1) is 12.0 Å². The van der Waals surface area contributed by atoms with Crippen molar-refractivity contribution in [2.45, 2.75) is 0 Å². The zero-order chi connectivity index (χ0) is 10.5. The fourth-order valence-corrected chi connectivity index (χ4v) is 1.38. The van der Waals surface area contributed by atoms with Crippen molar-refractivity contribution in [2.75, 3.05) is 13.2 Å². The number of benzene rings is 1. The van der Waals surface area contributed by atoms with E-state index in [0.717, 1.165) is 17.0 Å². The second-order valence-electron chi connectivity index (χ2n) is 3.09. The van der Waals surface area contributed by atoms with Crippen LogP contribution >= 0.6 is 0 Å². The Hall–Kier alpha value is -1.81. The molecule has 1 heterocycles. The lowest BCUT2D eigenvalue weighted by molar-refractivity contribution is 0.329. The van der Waals surface area contributed by atoms with Gasteiger partial charge in [0, 0.05) is 18.3 Å². The van der Waals surface area contributed by atoms with Crippen LogP contribution in [0.1, 0.15) is 0 Å². The van der Waals surface area contributed by atoms with E-state index in [2.05, 4.69) is 9.97 Å². The first-order valence-electron chi connectivity index (χ1n) is 4.83. The van der Waals surface area contributed by atoms with Gasteiger partial charge in [-0.05, 0) is 12.1 Å². The topological polar surface area (TPSA) is 63.9 Å². The van der Waals surface area contributed by atoms with Gasteiger partial charge in [-0.1, -0.05) is 12.1 Å². The molecule has 2 rings (SSSR count). The van der Waals surface area contributed by atoms with Crippen molar-refractivity contribution < 1.29 is 4.74 Å². The molecule has 4 heteroatoms. The Morgan fingerprint density at radius 1 is 1.33 bits per heavy atom. The van der Waals surface area contributed by atoms with Gasteiger partial charge in [0.25, 0.3) is 0 Å². The zero-order valence-corrected chi connectivity index (χ0v) is 8.31. The highest BCUT2D eigenvalue weighted by Crippen LogP contribution is 2.27. The summed E-state index contributed by atoms with van der Waals surface area (Å²) in [5, 5.41) is 0. The summed E-state index contributed by atoms with van der Waals surface area (Å²) in [5.74, 6) is 0.815. The third kappa shape index (κ3) is 2.16. The lowest BCUT2D eigenvalue weighted by atomic mass is 10.1. The van der Waals surface area contributed by atoms with Crippen LogP contribution in [0.4, 0.5) is 0 Å². The monoisotopic (exact) mass is 203 g/mol. The maximum absolute atomic E-state index is 5.53. The fourth-order valence-electron chi connectivity index (χ4n) is 1.38. The maximum atomic E-state index is 5.53. The minimum Gasteiger partial charge on any atom is -0.492 e. The number of hydrogen-bond acceptors (Lipinski definition) is 3. The van der Waals surface area contributed by atoms with E-state index in [1.54, 1.807) is 6.33 Å². The number of nitrogens with two attached hydrogens (primary N) is 1. The van der Waals surface area contributed by atoms with Crippen LogP contribution in [0.2, 0.25) is 0 Å². The molecule has 0 aliphatic rings. The minimum absolute atomic E-state index is 0.509. The van der Waals surface area contributed by atoms with E-state index in [-0.39, 0.29) is 0 Å². The lowest BCUT2D eigenvalue weighted by Crippen LogP contribution is -2.10. The maximum Gasteiger partial charge on any atom is 0.128 e. The molecule has 78 valence electrons. The smallest absolute Gasteiger partial charge is 0.128 e. The van der Waals surface area contributed by atoms with Crippen LogP contribution in [0.3, 0.4) is 0 Å². The van der Waals surface area contributed by atoms with Gasteiger partial charge in [0.1, 0.15) is 12.4 Å². The zero-order valence-electron chi connectivity index (χ0n) is 8.31. The molecule has 0 unspecified atom stereocenters. The highest BCUT2D eigenvalue weighted by Gasteiger charge is 2.06. The van der Waals surface area contributed by atoms with Crippen LogP contribution in [0.25, 0.3) is 11.3 Å². The summed E-state index contributed by atoms with van der Waals surface area (Å²) in [4.78, 5) is 7.11. The Labute approximate surface area is 88.1 Å². The summed E-state index contributed by atoms with van der Waals surface area (Å²) in [7, 11) is 0. The second-order valence-corrected chi connectivity index (χ2v) is 3.09. The van der Waals surface area contributed by atoms with Gasteiger partial charge >= 0.3 is 0 Å². The molecule has 0 atom stereocenters. The number of nitrogens with one attached hydrogen (secondary N) is 1. The molecule has 1 aromatic carbocycles. The first-order chi connectivity index (χ1) is 7.42. The normalized spacial score (nSPS) is 10.2. The lowest BCUT2D eigenvalue weighted by Gasteiger charge is -2.08. The van der Waals surface area contributed by atoms with Crippen molar-refractivity contribution in [1.29, 1.82) is 0 Å². The molecular weight excluding hydrogens is 190 g/mol. The second kappa shape index (κ2) is 4.61. The van der Waals surface area contributed by atoms with Gasteiger partial charge in [0.2, 0.25) is 0 Å². The highest BCUT2D eigenvalue weighted by atomic mass is 16.5. The number of rotatable bonds is 4. The van der Waals surface area contributed by atoms with Crippen molar-refractivity contribution in [1.82, 2.24) is 9.97 Å². The molecule has 0 fully saturated rings. The van der Waals surface area contributed by atoms with Crippen molar-refractivity contribution in [3.63, 3.8) is 0 Å². The Morgan fingerprint density at radius 2 is 2.20 bits per heavy atom. The molecule has 0 aliphatic heterocycles. The van der Waals surface area contributed by atoms with E-state index in [4.69, 9.17) is 10.5 Å². The molecule has 0 spiro atoms. The number of imidazole rings is 1. The van der Waals surface area contributed by atoms with Crippen LogP contribution in [-0.2, 0) is 0 Å². The van der Waals surface area contributed by atoms with Crippen LogP contribution in [-0.4, -0.2) is 23.1 Å². The number of aromatic nitrogens is 2. The number of nitrogens with zero attached hydrogens (tertiary/aromatic N) is 1. The number of para-hydroxylation sites is 1. The fraction of sp³-hybridized carbons (Fsp3) is 0.182. The molecule has 3 N–H and O–H groups in total. The average molecular weight is 203 g/mol. The van der Waals surface area contributed by atoms with E-state index in [9.17, 15) is 0 Å². The molecule has 15 heavy (non-hydrogen) atoms. The molecule has 1 aromatic heterocycles. The standard InChI is InChI=1S/C11H13N3O/c12-5-6-15-11-4-2-1-3-9(11)10-7-13-8-14-10/h1-4,7-8H,5-6,12H2,(H,13,14). The molecular formula is C11H13N3O. The molecule has 0 saturated carbocycles. The van der Waals surface area contributed by atoms with Gasteiger partial charge in [-0.25, -0.2) is 4.98 Å². The Bertz CT molecular complexity index is 412. The predicted octanol–water partition coefficient (Wildman–Crippen LogP) is 1.41. The van der Waals surface area contributed by atoms with Crippen LogP contribution in [0.15, 0.2) is 36.8 Å². The van der Waals surface area contributed by atoms with Crippen molar-refractivity contribution in [3.05, 3.63) is 36.8 Å². The first-order valence-corrected chi connectivity index (χ1v) is 4.83. The highest BCUT2D eigenvalue weighted by molar-refractivity contribution is 5.66. The number of ether oxygens (including phenoxy) is 1. The molecule has 0 bridgehead atoms. The number of hydrogen-bond donors (Lipinski definition) is 2. The molecule has 0 saturated heterocycles. The summed E-state index contributed by atoms with van der Waals surface area (Å²) >= 11 is 0.